The summed E-state index contributed by atoms with van der Waals surface area (Å²) in [5.74, 6) is -0.226. The Labute approximate surface area is 148 Å². The lowest BCUT2D eigenvalue weighted by Gasteiger charge is -2.09. The summed E-state index contributed by atoms with van der Waals surface area (Å²) >= 11 is 0. The number of carbonyl (C=O) groups is 1. The lowest BCUT2D eigenvalue weighted by molar-refractivity contribution is -0.146. The summed E-state index contributed by atoms with van der Waals surface area (Å²) in [6.07, 6.45) is 0. The third-order valence-electron chi connectivity index (χ3n) is 3.33. The van der Waals surface area contributed by atoms with Gasteiger partial charge in [-0.15, -0.1) is 0 Å². The number of likely N-dealkylation sites (N-methyl/N-ethyl adjacent to an activating group) is 1. The van der Waals surface area contributed by atoms with Gasteiger partial charge in [-0.2, -0.15) is 8.42 Å². The molecule has 1 atom stereocenters. The van der Waals surface area contributed by atoms with Crippen molar-refractivity contribution in [1.82, 2.24) is 5.32 Å². The molecule has 0 bridgehead atoms. The molecule has 2 aromatic rings. The first-order valence-corrected chi connectivity index (χ1v) is 9.10. The summed E-state index contributed by atoms with van der Waals surface area (Å²) < 4.78 is 34.6. The number of aryl methyl sites for hydroxylation is 1. The van der Waals surface area contributed by atoms with Crippen molar-refractivity contribution < 1.29 is 22.5 Å². The van der Waals surface area contributed by atoms with Gasteiger partial charge >= 0.3 is 5.97 Å². The van der Waals surface area contributed by atoms with Gasteiger partial charge in [-0.3, -0.25) is 9.35 Å². The van der Waals surface area contributed by atoms with Crippen molar-refractivity contribution >= 4 is 16.1 Å². The van der Waals surface area contributed by atoms with Crippen molar-refractivity contribution in [1.29, 1.82) is 0 Å². The number of hydrogen-bond donors (Lipinski definition) is 2. The smallest absolute Gasteiger partial charge is 0.323 e. The van der Waals surface area contributed by atoms with E-state index in [9.17, 15) is 13.2 Å². The van der Waals surface area contributed by atoms with Crippen molar-refractivity contribution in [3.63, 3.8) is 0 Å². The molecule has 0 aliphatic carbocycles. The highest BCUT2D eigenvalue weighted by Crippen LogP contribution is 2.08. The molecule has 0 aliphatic rings. The minimum atomic E-state index is -4.02. The van der Waals surface area contributed by atoms with E-state index in [-0.39, 0.29) is 16.9 Å². The van der Waals surface area contributed by atoms with Gasteiger partial charge in [0.05, 0.1) is 4.90 Å². The van der Waals surface area contributed by atoms with Gasteiger partial charge in [-0.1, -0.05) is 48.0 Å². The molecular formula is C18H23NO5S. The largest absolute Gasteiger partial charge is 0.460 e. The van der Waals surface area contributed by atoms with Crippen molar-refractivity contribution in [2.75, 3.05) is 7.05 Å². The van der Waals surface area contributed by atoms with E-state index in [0.717, 1.165) is 11.1 Å². The highest BCUT2D eigenvalue weighted by atomic mass is 32.2. The Bertz CT molecular complexity index is 758. The molecule has 0 aromatic heterocycles. The first kappa shape index (κ1) is 20.8. The first-order chi connectivity index (χ1) is 11.7. The zero-order valence-electron chi connectivity index (χ0n) is 14.5. The number of esters is 1. The molecule has 0 fully saturated rings. The van der Waals surface area contributed by atoms with E-state index < -0.39 is 10.1 Å². The summed E-state index contributed by atoms with van der Waals surface area (Å²) in [6, 6.07) is 15.4. The van der Waals surface area contributed by atoms with Crippen LogP contribution in [0.2, 0.25) is 0 Å². The second-order valence-electron chi connectivity index (χ2n) is 5.39. The number of carbonyl (C=O) groups excluding carboxylic acids is 1. The molecule has 0 spiro atoms. The Kier molecular flexibility index (Phi) is 8.27. The Morgan fingerprint density at radius 2 is 1.68 bits per heavy atom. The van der Waals surface area contributed by atoms with Gasteiger partial charge in [0.2, 0.25) is 0 Å². The highest BCUT2D eigenvalue weighted by Gasteiger charge is 2.11. The normalized spacial score (nSPS) is 11.8. The zero-order chi connectivity index (χ0) is 18.9. The maximum absolute atomic E-state index is 11.3. The van der Waals surface area contributed by atoms with Crippen molar-refractivity contribution in [2.45, 2.75) is 31.4 Å². The lowest BCUT2D eigenvalue weighted by atomic mass is 10.2. The molecule has 0 unspecified atom stereocenters. The number of hydrogen-bond acceptors (Lipinski definition) is 5. The molecule has 0 aliphatic heterocycles. The van der Waals surface area contributed by atoms with Gasteiger partial charge < -0.3 is 10.1 Å². The molecule has 25 heavy (non-hydrogen) atoms. The van der Waals surface area contributed by atoms with Crippen molar-refractivity contribution in [2.24, 2.45) is 0 Å². The molecular weight excluding hydrogens is 342 g/mol. The fourth-order valence-electron chi connectivity index (χ4n) is 1.68. The van der Waals surface area contributed by atoms with Crippen LogP contribution in [0.4, 0.5) is 0 Å². The van der Waals surface area contributed by atoms with E-state index in [2.05, 4.69) is 5.32 Å². The van der Waals surface area contributed by atoms with Crippen LogP contribution < -0.4 is 5.32 Å². The minimum absolute atomic E-state index is 0.0666. The van der Waals surface area contributed by atoms with Crippen LogP contribution in [0.3, 0.4) is 0 Å². The van der Waals surface area contributed by atoms with Gasteiger partial charge in [0.1, 0.15) is 12.6 Å². The molecule has 2 aromatic carbocycles. The van der Waals surface area contributed by atoms with Crippen LogP contribution in [-0.4, -0.2) is 32.0 Å². The van der Waals surface area contributed by atoms with E-state index in [4.69, 9.17) is 9.29 Å². The average molecular weight is 365 g/mol. The summed E-state index contributed by atoms with van der Waals surface area (Å²) in [4.78, 5) is 11.2. The van der Waals surface area contributed by atoms with Gasteiger partial charge in [-0.05, 0) is 38.6 Å². The third kappa shape index (κ3) is 7.93. The predicted octanol–water partition coefficient (Wildman–Crippen LogP) is 2.58. The molecule has 0 saturated heterocycles. The molecule has 0 saturated carbocycles. The van der Waals surface area contributed by atoms with Crippen LogP contribution in [0.1, 0.15) is 18.1 Å². The van der Waals surface area contributed by atoms with E-state index in [1.807, 2.05) is 37.3 Å². The Morgan fingerprint density at radius 3 is 2.16 bits per heavy atom. The van der Waals surface area contributed by atoms with Gasteiger partial charge in [0, 0.05) is 0 Å². The average Bonchev–Trinajstić information content (AvgIpc) is 2.60. The fraction of sp³-hybridized carbons (Fsp3) is 0.278. The second kappa shape index (κ2) is 9.93. The molecule has 6 nitrogen and oxygen atoms in total. The molecule has 136 valence electrons. The molecule has 0 heterocycles. The SMILES string of the molecule is CN[C@@H](C)C(=O)OCc1ccccc1.Cc1ccc(S(=O)(=O)O)cc1. The Morgan fingerprint density at radius 1 is 1.12 bits per heavy atom. The van der Waals surface area contributed by atoms with Crippen LogP contribution >= 0.6 is 0 Å². The first-order valence-electron chi connectivity index (χ1n) is 7.66. The lowest BCUT2D eigenvalue weighted by Crippen LogP contribution is -2.32. The van der Waals surface area contributed by atoms with Crippen molar-refractivity contribution in [3.8, 4) is 0 Å². The van der Waals surface area contributed by atoms with E-state index in [1.54, 1.807) is 26.1 Å². The highest BCUT2D eigenvalue weighted by molar-refractivity contribution is 7.85. The van der Waals surface area contributed by atoms with Gasteiger partial charge in [-0.25, -0.2) is 0 Å². The third-order valence-corrected chi connectivity index (χ3v) is 4.20. The second-order valence-corrected chi connectivity index (χ2v) is 6.81. The molecule has 7 heteroatoms. The predicted molar refractivity (Wildman–Crippen MR) is 95.8 cm³/mol. The van der Waals surface area contributed by atoms with Crippen LogP contribution in [-0.2, 0) is 26.3 Å². The quantitative estimate of drug-likeness (QED) is 0.625. The van der Waals surface area contributed by atoms with Crippen LogP contribution in [0.25, 0.3) is 0 Å². The topological polar surface area (TPSA) is 92.7 Å². The summed E-state index contributed by atoms with van der Waals surface area (Å²) in [5.41, 5.74) is 1.96. The molecule has 0 radical (unpaired) electrons. The zero-order valence-corrected chi connectivity index (χ0v) is 15.3. The molecule has 2 N–H and O–H groups in total. The molecule has 2 rings (SSSR count). The standard InChI is InChI=1S/C11H15NO2.C7H8O3S/c1-9(12-2)11(13)14-8-10-6-4-3-5-7-10;1-6-2-4-7(5-3-6)11(8,9)10/h3-7,9,12H,8H2,1-2H3;2-5H,1H3,(H,8,9,10)/t9-;/m0./s1. The van der Waals surface area contributed by atoms with Crippen LogP contribution in [0, 0.1) is 6.92 Å². The maximum Gasteiger partial charge on any atom is 0.323 e. The number of ether oxygens (including phenoxy) is 1. The summed E-state index contributed by atoms with van der Waals surface area (Å²) in [5, 5.41) is 2.83. The monoisotopic (exact) mass is 365 g/mol. The molecule has 0 amide bonds. The van der Waals surface area contributed by atoms with Crippen LogP contribution in [0.15, 0.2) is 59.5 Å². The summed E-state index contributed by atoms with van der Waals surface area (Å²) in [7, 11) is -2.29. The summed E-state index contributed by atoms with van der Waals surface area (Å²) in [6.45, 7) is 3.95. The van der Waals surface area contributed by atoms with Gasteiger partial charge in [0.25, 0.3) is 10.1 Å². The number of benzene rings is 2. The van der Waals surface area contributed by atoms with E-state index in [0.29, 0.717) is 6.61 Å². The minimum Gasteiger partial charge on any atom is -0.460 e. The van der Waals surface area contributed by atoms with E-state index >= 15 is 0 Å². The Balaban J connectivity index is 0.000000257. The maximum atomic E-state index is 11.3. The van der Waals surface area contributed by atoms with Crippen LogP contribution in [0.5, 0.6) is 0 Å². The van der Waals surface area contributed by atoms with Crippen molar-refractivity contribution in [3.05, 3.63) is 65.7 Å². The number of rotatable bonds is 5. The van der Waals surface area contributed by atoms with Gasteiger partial charge in [0.15, 0.2) is 0 Å². The fourth-order valence-corrected chi connectivity index (χ4v) is 2.16. The Hall–Kier alpha value is -2.22. The number of nitrogens with one attached hydrogen (secondary N) is 1. The van der Waals surface area contributed by atoms with E-state index in [1.165, 1.54) is 12.1 Å².